The van der Waals surface area contributed by atoms with E-state index in [9.17, 15) is 4.21 Å². The fraction of sp³-hybridized carbons (Fsp3) is 0.250. The lowest BCUT2D eigenvalue weighted by molar-refractivity contribution is 0.414. The van der Waals surface area contributed by atoms with Gasteiger partial charge in [0.05, 0.1) is 23.2 Å². The third kappa shape index (κ3) is 3.93. The number of hydrogen-bond acceptors (Lipinski definition) is 3. The summed E-state index contributed by atoms with van der Waals surface area (Å²) in [5.41, 5.74) is 7.21. The Bertz CT molecular complexity index is 630. The highest BCUT2D eigenvalue weighted by Gasteiger charge is 2.22. The molecule has 3 unspecified atom stereocenters. The molecule has 2 aromatic rings. The van der Waals surface area contributed by atoms with Crippen LogP contribution in [0.3, 0.4) is 0 Å². The first-order chi connectivity index (χ1) is 10.0. The summed E-state index contributed by atoms with van der Waals surface area (Å²) >= 11 is 3.40. The van der Waals surface area contributed by atoms with Gasteiger partial charge in [-0.3, -0.25) is 4.21 Å². The zero-order valence-corrected chi connectivity index (χ0v) is 14.4. The Balaban J connectivity index is 2.17. The Morgan fingerprint density at radius 2 is 1.86 bits per heavy atom. The zero-order valence-electron chi connectivity index (χ0n) is 12.0. The van der Waals surface area contributed by atoms with E-state index in [4.69, 9.17) is 10.5 Å². The molecule has 0 radical (unpaired) electrons. The lowest BCUT2D eigenvalue weighted by Gasteiger charge is -2.20. The summed E-state index contributed by atoms with van der Waals surface area (Å²) in [6, 6.07) is 14.8. The van der Waals surface area contributed by atoms with Crippen molar-refractivity contribution in [3.05, 3.63) is 58.6 Å². The summed E-state index contributed by atoms with van der Waals surface area (Å²) in [4.78, 5) is 0.779. The van der Waals surface area contributed by atoms with Crippen LogP contribution in [0.5, 0.6) is 5.75 Å². The van der Waals surface area contributed by atoms with Gasteiger partial charge in [0.25, 0.3) is 0 Å². The van der Waals surface area contributed by atoms with Crippen molar-refractivity contribution in [1.29, 1.82) is 0 Å². The first kappa shape index (κ1) is 16.2. The summed E-state index contributed by atoms with van der Waals surface area (Å²) < 4.78 is 18.7. The number of hydrogen-bond donors (Lipinski definition) is 1. The molecule has 0 heterocycles. The topological polar surface area (TPSA) is 52.3 Å². The third-order valence-electron chi connectivity index (χ3n) is 3.37. The van der Waals surface area contributed by atoms with Crippen LogP contribution in [-0.2, 0) is 10.8 Å². The Morgan fingerprint density at radius 1 is 1.19 bits per heavy atom. The van der Waals surface area contributed by atoms with Gasteiger partial charge in [-0.25, -0.2) is 0 Å². The highest BCUT2D eigenvalue weighted by atomic mass is 79.9. The first-order valence-corrected chi connectivity index (χ1v) is 8.59. The van der Waals surface area contributed by atoms with Crippen LogP contribution in [0.25, 0.3) is 0 Å². The van der Waals surface area contributed by atoms with Gasteiger partial charge < -0.3 is 10.5 Å². The highest BCUT2D eigenvalue weighted by molar-refractivity contribution is 9.10. The molecule has 0 spiro atoms. The number of halogens is 1. The van der Waals surface area contributed by atoms with Crippen molar-refractivity contribution >= 4 is 26.7 Å². The third-order valence-corrected chi connectivity index (χ3v) is 5.55. The molecule has 0 saturated carbocycles. The van der Waals surface area contributed by atoms with Gasteiger partial charge in [-0.1, -0.05) is 34.1 Å². The predicted octanol–water partition coefficient (Wildman–Crippen LogP) is 3.65. The minimum Gasteiger partial charge on any atom is -0.497 e. The van der Waals surface area contributed by atoms with Gasteiger partial charge in [0, 0.05) is 15.4 Å². The van der Waals surface area contributed by atoms with Crippen LogP contribution in [-0.4, -0.2) is 16.6 Å². The molecule has 2 rings (SSSR count). The molecule has 0 aliphatic rings. The van der Waals surface area contributed by atoms with Crippen LogP contribution in [0.1, 0.15) is 18.5 Å². The molecular weight excluding hydrogens is 350 g/mol. The normalized spacial score (nSPS) is 15.2. The summed E-state index contributed by atoms with van der Waals surface area (Å²) in [5, 5.41) is -0.187. The number of ether oxygens (including phenoxy) is 1. The molecule has 0 amide bonds. The van der Waals surface area contributed by atoms with Crippen molar-refractivity contribution in [3.63, 3.8) is 0 Å². The van der Waals surface area contributed by atoms with Gasteiger partial charge in [0.15, 0.2) is 0 Å². The molecule has 2 aromatic carbocycles. The zero-order chi connectivity index (χ0) is 15.4. The fourth-order valence-electron chi connectivity index (χ4n) is 2.04. The van der Waals surface area contributed by atoms with Gasteiger partial charge >= 0.3 is 0 Å². The monoisotopic (exact) mass is 367 g/mol. The predicted molar refractivity (Wildman–Crippen MR) is 89.9 cm³/mol. The van der Waals surface area contributed by atoms with Crippen LogP contribution in [0.4, 0.5) is 0 Å². The molecule has 0 fully saturated rings. The minimum absolute atomic E-state index is 0.187. The van der Waals surface area contributed by atoms with E-state index in [2.05, 4.69) is 15.9 Å². The maximum atomic E-state index is 12.6. The number of methoxy groups -OCH3 is 1. The molecule has 0 saturated heterocycles. The first-order valence-electron chi connectivity index (χ1n) is 6.58. The van der Waals surface area contributed by atoms with Gasteiger partial charge in [0.1, 0.15) is 5.75 Å². The molecule has 0 bridgehead atoms. The number of rotatable bonds is 5. The van der Waals surface area contributed by atoms with E-state index in [1.54, 1.807) is 7.11 Å². The molecule has 0 aliphatic heterocycles. The van der Waals surface area contributed by atoms with Crippen LogP contribution >= 0.6 is 15.9 Å². The molecule has 21 heavy (non-hydrogen) atoms. The average molecular weight is 368 g/mol. The summed E-state index contributed by atoms with van der Waals surface area (Å²) in [6.07, 6.45) is 0. The maximum Gasteiger partial charge on any atom is 0.118 e. The Kier molecular flexibility index (Phi) is 5.56. The van der Waals surface area contributed by atoms with Crippen molar-refractivity contribution in [2.24, 2.45) is 5.73 Å². The van der Waals surface area contributed by atoms with E-state index < -0.39 is 10.8 Å². The van der Waals surface area contributed by atoms with Gasteiger partial charge in [-0.2, -0.15) is 0 Å². The van der Waals surface area contributed by atoms with Crippen LogP contribution < -0.4 is 10.5 Å². The molecule has 3 nitrogen and oxygen atoms in total. The molecule has 0 aliphatic carbocycles. The van der Waals surface area contributed by atoms with Crippen molar-refractivity contribution in [2.45, 2.75) is 23.1 Å². The van der Waals surface area contributed by atoms with Crippen molar-refractivity contribution in [1.82, 2.24) is 0 Å². The standard InChI is InChI=1S/C16H18BrNO2S/c1-11(21(19)15-5-3-4-13(17)10-15)16(18)12-6-8-14(20-2)9-7-12/h3-11,16H,18H2,1-2H3. The van der Waals surface area contributed by atoms with Crippen molar-refractivity contribution in [3.8, 4) is 5.75 Å². The van der Waals surface area contributed by atoms with E-state index in [0.717, 1.165) is 20.7 Å². The van der Waals surface area contributed by atoms with Crippen molar-refractivity contribution < 1.29 is 8.95 Å². The lowest BCUT2D eigenvalue weighted by atomic mass is 10.1. The summed E-state index contributed by atoms with van der Waals surface area (Å²) in [5.74, 6) is 0.784. The second-order valence-corrected chi connectivity index (χ2v) is 7.48. The molecule has 112 valence electrons. The second-order valence-electron chi connectivity index (χ2n) is 4.76. The number of nitrogens with two attached hydrogens (primary N) is 1. The average Bonchev–Trinajstić information content (AvgIpc) is 2.53. The molecule has 3 atom stereocenters. The van der Waals surface area contributed by atoms with Crippen LogP contribution in [0.15, 0.2) is 57.9 Å². The second kappa shape index (κ2) is 7.20. The Hall–Kier alpha value is -1.17. The Labute approximate surface area is 136 Å². The molecule has 2 N–H and O–H groups in total. The van der Waals surface area contributed by atoms with Gasteiger partial charge in [0.2, 0.25) is 0 Å². The van der Waals surface area contributed by atoms with E-state index in [1.807, 2.05) is 55.5 Å². The summed E-state index contributed by atoms with van der Waals surface area (Å²) in [6.45, 7) is 1.91. The molecule has 0 aromatic heterocycles. The van der Waals surface area contributed by atoms with Gasteiger partial charge in [-0.15, -0.1) is 0 Å². The maximum absolute atomic E-state index is 12.6. The lowest BCUT2D eigenvalue weighted by Crippen LogP contribution is -2.27. The number of benzene rings is 2. The van der Waals surface area contributed by atoms with Crippen molar-refractivity contribution in [2.75, 3.05) is 7.11 Å². The van der Waals surface area contributed by atoms with E-state index in [1.165, 1.54) is 0 Å². The van der Waals surface area contributed by atoms with Crippen LogP contribution in [0, 0.1) is 0 Å². The molecular formula is C16H18BrNO2S. The quantitative estimate of drug-likeness (QED) is 0.877. The van der Waals surface area contributed by atoms with Crippen LogP contribution in [0.2, 0.25) is 0 Å². The highest BCUT2D eigenvalue weighted by Crippen LogP contribution is 2.25. The van der Waals surface area contributed by atoms with E-state index >= 15 is 0 Å². The SMILES string of the molecule is COc1ccc(C(N)C(C)S(=O)c2cccc(Br)c2)cc1. The van der Waals surface area contributed by atoms with Gasteiger partial charge in [-0.05, 0) is 42.8 Å². The largest absolute Gasteiger partial charge is 0.497 e. The van der Waals surface area contributed by atoms with E-state index in [0.29, 0.717) is 0 Å². The smallest absolute Gasteiger partial charge is 0.118 e. The summed E-state index contributed by atoms with van der Waals surface area (Å²) in [7, 11) is 0.462. The Morgan fingerprint density at radius 3 is 2.43 bits per heavy atom. The minimum atomic E-state index is -1.16. The molecule has 5 heteroatoms. The van der Waals surface area contributed by atoms with E-state index in [-0.39, 0.29) is 11.3 Å². The fourth-order valence-corrected chi connectivity index (χ4v) is 3.90.